The van der Waals surface area contributed by atoms with E-state index in [4.69, 9.17) is 5.73 Å². The average molecular weight is 229 g/mol. The second kappa shape index (κ2) is 7.26. The van der Waals surface area contributed by atoms with Gasteiger partial charge in [0, 0.05) is 13.0 Å². The molecule has 0 heterocycles. The van der Waals surface area contributed by atoms with Crippen molar-refractivity contribution in [1.29, 1.82) is 0 Å². The predicted molar refractivity (Wildman–Crippen MR) is 63.9 cm³/mol. The molecule has 0 aliphatic carbocycles. The lowest BCUT2D eigenvalue weighted by molar-refractivity contribution is -0.121. The van der Waals surface area contributed by atoms with Crippen LogP contribution in [0.1, 0.15) is 24.9 Å². The SMILES string of the molecule is CC(NC(=O)CCN)c1ccccc1.Cl. The molecule has 0 saturated heterocycles. The fourth-order valence-corrected chi connectivity index (χ4v) is 1.27. The number of benzene rings is 1. The standard InChI is InChI=1S/C11H16N2O.ClH/c1-9(13-11(14)7-8-12)10-5-3-2-4-6-10;/h2-6,9H,7-8,12H2,1H3,(H,13,14);1H. The monoisotopic (exact) mass is 228 g/mol. The highest BCUT2D eigenvalue weighted by Gasteiger charge is 2.07. The van der Waals surface area contributed by atoms with Crippen molar-refractivity contribution in [2.24, 2.45) is 5.73 Å². The van der Waals surface area contributed by atoms with E-state index in [-0.39, 0.29) is 24.4 Å². The molecule has 84 valence electrons. The smallest absolute Gasteiger partial charge is 0.221 e. The van der Waals surface area contributed by atoms with Gasteiger partial charge in [0.2, 0.25) is 5.91 Å². The molecule has 1 unspecified atom stereocenters. The summed E-state index contributed by atoms with van der Waals surface area (Å²) in [5.74, 6) is 0.00357. The van der Waals surface area contributed by atoms with Crippen molar-refractivity contribution in [3.63, 3.8) is 0 Å². The largest absolute Gasteiger partial charge is 0.350 e. The Morgan fingerprint density at radius 3 is 2.53 bits per heavy atom. The molecule has 0 spiro atoms. The van der Waals surface area contributed by atoms with Crippen molar-refractivity contribution >= 4 is 18.3 Å². The average Bonchev–Trinajstić information content (AvgIpc) is 2.19. The van der Waals surface area contributed by atoms with Crippen LogP contribution in [0.4, 0.5) is 0 Å². The molecule has 0 radical (unpaired) electrons. The van der Waals surface area contributed by atoms with E-state index >= 15 is 0 Å². The minimum Gasteiger partial charge on any atom is -0.350 e. The highest BCUT2D eigenvalue weighted by atomic mass is 35.5. The summed E-state index contributed by atoms with van der Waals surface area (Å²) in [7, 11) is 0. The van der Waals surface area contributed by atoms with Crippen molar-refractivity contribution in [3.05, 3.63) is 35.9 Å². The minimum absolute atomic E-state index is 0. The van der Waals surface area contributed by atoms with E-state index in [0.29, 0.717) is 13.0 Å². The molecule has 15 heavy (non-hydrogen) atoms. The highest BCUT2D eigenvalue weighted by Crippen LogP contribution is 2.10. The van der Waals surface area contributed by atoms with Gasteiger partial charge in [0.1, 0.15) is 0 Å². The van der Waals surface area contributed by atoms with Crippen molar-refractivity contribution in [2.75, 3.05) is 6.54 Å². The Balaban J connectivity index is 0.00000196. The maximum absolute atomic E-state index is 11.2. The van der Waals surface area contributed by atoms with E-state index in [9.17, 15) is 4.79 Å². The molecule has 1 atom stereocenters. The maximum atomic E-state index is 11.2. The van der Waals surface area contributed by atoms with Gasteiger partial charge in [-0.2, -0.15) is 0 Å². The van der Waals surface area contributed by atoms with Gasteiger partial charge in [-0.05, 0) is 12.5 Å². The van der Waals surface area contributed by atoms with Crippen LogP contribution in [0, 0.1) is 0 Å². The van der Waals surface area contributed by atoms with E-state index in [2.05, 4.69) is 5.32 Å². The molecule has 0 fully saturated rings. The summed E-state index contributed by atoms with van der Waals surface area (Å²) in [4.78, 5) is 11.2. The number of carbonyl (C=O) groups excluding carboxylic acids is 1. The van der Waals surface area contributed by atoms with Crippen LogP contribution in [0.25, 0.3) is 0 Å². The lowest BCUT2D eigenvalue weighted by Gasteiger charge is -2.13. The normalized spacial score (nSPS) is 11.3. The topological polar surface area (TPSA) is 55.1 Å². The first-order valence-electron chi connectivity index (χ1n) is 4.78. The summed E-state index contributed by atoms with van der Waals surface area (Å²) in [6.45, 7) is 2.36. The van der Waals surface area contributed by atoms with Gasteiger partial charge in [-0.25, -0.2) is 0 Å². The zero-order valence-corrected chi connectivity index (χ0v) is 9.59. The molecule has 0 aromatic heterocycles. The molecule has 0 aliphatic rings. The maximum Gasteiger partial charge on any atom is 0.221 e. The van der Waals surface area contributed by atoms with Crippen LogP contribution < -0.4 is 11.1 Å². The summed E-state index contributed by atoms with van der Waals surface area (Å²) in [5, 5.41) is 2.88. The molecule has 1 aromatic rings. The molecular formula is C11H17ClN2O. The quantitative estimate of drug-likeness (QED) is 0.823. The Morgan fingerprint density at radius 1 is 1.40 bits per heavy atom. The van der Waals surface area contributed by atoms with Gasteiger partial charge in [0.05, 0.1) is 6.04 Å². The van der Waals surface area contributed by atoms with E-state index in [1.54, 1.807) is 0 Å². The van der Waals surface area contributed by atoms with Crippen molar-refractivity contribution in [2.45, 2.75) is 19.4 Å². The van der Waals surface area contributed by atoms with Crippen LogP contribution in [-0.4, -0.2) is 12.5 Å². The fraction of sp³-hybridized carbons (Fsp3) is 0.364. The Bertz CT molecular complexity index is 290. The molecule has 0 bridgehead atoms. The molecule has 0 saturated carbocycles. The third-order valence-electron chi connectivity index (χ3n) is 2.05. The van der Waals surface area contributed by atoms with Crippen molar-refractivity contribution < 1.29 is 4.79 Å². The fourth-order valence-electron chi connectivity index (χ4n) is 1.27. The van der Waals surface area contributed by atoms with Crippen LogP contribution in [0.3, 0.4) is 0 Å². The minimum atomic E-state index is 0. The van der Waals surface area contributed by atoms with Crippen LogP contribution in [-0.2, 0) is 4.79 Å². The number of hydrogen-bond donors (Lipinski definition) is 2. The highest BCUT2D eigenvalue weighted by molar-refractivity contribution is 5.85. The Morgan fingerprint density at radius 2 is 2.00 bits per heavy atom. The van der Waals surface area contributed by atoms with E-state index in [0.717, 1.165) is 5.56 Å². The van der Waals surface area contributed by atoms with Gasteiger partial charge < -0.3 is 11.1 Å². The number of rotatable bonds is 4. The lowest BCUT2D eigenvalue weighted by Crippen LogP contribution is -2.28. The summed E-state index contributed by atoms with van der Waals surface area (Å²) in [6, 6.07) is 9.91. The van der Waals surface area contributed by atoms with Gasteiger partial charge in [0.25, 0.3) is 0 Å². The number of carbonyl (C=O) groups is 1. The Labute approximate surface area is 96.5 Å². The number of amides is 1. The van der Waals surface area contributed by atoms with Gasteiger partial charge in [0.15, 0.2) is 0 Å². The zero-order valence-electron chi connectivity index (χ0n) is 8.77. The van der Waals surface area contributed by atoms with E-state index < -0.39 is 0 Å². The van der Waals surface area contributed by atoms with E-state index in [1.807, 2.05) is 37.3 Å². The Hall–Kier alpha value is -1.06. The molecule has 3 nitrogen and oxygen atoms in total. The zero-order chi connectivity index (χ0) is 10.4. The van der Waals surface area contributed by atoms with Crippen LogP contribution in [0.2, 0.25) is 0 Å². The number of hydrogen-bond acceptors (Lipinski definition) is 2. The number of halogens is 1. The van der Waals surface area contributed by atoms with E-state index in [1.165, 1.54) is 0 Å². The molecule has 1 amide bonds. The lowest BCUT2D eigenvalue weighted by atomic mass is 10.1. The molecule has 4 heteroatoms. The van der Waals surface area contributed by atoms with Gasteiger partial charge in [-0.1, -0.05) is 30.3 Å². The number of nitrogens with one attached hydrogen (secondary N) is 1. The molecule has 1 rings (SSSR count). The summed E-state index contributed by atoms with van der Waals surface area (Å²) >= 11 is 0. The summed E-state index contributed by atoms with van der Waals surface area (Å²) < 4.78 is 0. The number of nitrogens with two attached hydrogens (primary N) is 1. The summed E-state index contributed by atoms with van der Waals surface area (Å²) in [6.07, 6.45) is 0.386. The van der Waals surface area contributed by atoms with Crippen LogP contribution >= 0.6 is 12.4 Å². The first-order chi connectivity index (χ1) is 6.74. The van der Waals surface area contributed by atoms with Crippen molar-refractivity contribution in [3.8, 4) is 0 Å². The second-order valence-corrected chi connectivity index (χ2v) is 3.24. The first-order valence-corrected chi connectivity index (χ1v) is 4.78. The molecule has 3 N–H and O–H groups in total. The van der Waals surface area contributed by atoms with Gasteiger partial charge in [-0.15, -0.1) is 12.4 Å². The predicted octanol–water partition coefficient (Wildman–Crippen LogP) is 1.63. The van der Waals surface area contributed by atoms with Crippen molar-refractivity contribution in [1.82, 2.24) is 5.32 Å². The molecule has 1 aromatic carbocycles. The Kier molecular flexibility index (Phi) is 6.75. The third kappa shape index (κ3) is 4.81. The second-order valence-electron chi connectivity index (χ2n) is 3.24. The van der Waals surface area contributed by atoms with Crippen LogP contribution in [0.5, 0.6) is 0 Å². The van der Waals surface area contributed by atoms with Gasteiger partial charge in [-0.3, -0.25) is 4.79 Å². The molecule has 0 aliphatic heterocycles. The van der Waals surface area contributed by atoms with Gasteiger partial charge >= 0.3 is 0 Å². The summed E-state index contributed by atoms with van der Waals surface area (Å²) in [5.41, 5.74) is 6.39. The first kappa shape index (κ1) is 13.9. The van der Waals surface area contributed by atoms with Crippen LogP contribution in [0.15, 0.2) is 30.3 Å². The molecular weight excluding hydrogens is 212 g/mol. The third-order valence-corrected chi connectivity index (χ3v) is 2.05.